The van der Waals surface area contributed by atoms with Crippen molar-refractivity contribution in [2.45, 2.75) is 13.8 Å². The van der Waals surface area contributed by atoms with Gasteiger partial charge in [-0.2, -0.15) is 9.61 Å². The van der Waals surface area contributed by atoms with Gasteiger partial charge >= 0.3 is 0 Å². The van der Waals surface area contributed by atoms with Crippen LogP contribution in [-0.4, -0.2) is 14.6 Å². The smallest absolute Gasteiger partial charge is 0.165 e. The van der Waals surface area contributed by atoms with Gasteiger partial charge in [-0.25, -0.2) is 4.98 Å². The highest BCUT2D eigenvalue weighted by Gasteiger charge is 2.17. The number of halogens is 2. The average molecular weight is 428 g/mol. The maximum absolute atomic E-state index is 6.43. The van der Waals surface area contributed by atoms with Crippen molar-refractivity contribution in [2.24, 2.45) is 0 Å². The number of rotatable bonds is 3. The molecule has 2 aromatic carbocycles. The molecule has 0 unspecified atom stereocenters. The number of fused-ring (bicyclic) bond motifs is 1. The Bertz CT molecular complexity index is 1100. The fourth-order valence-electron chi connectivity index (χ4n) is 2.99. The average Bonchev–Trinajstić information content (AvgIpc) is 2.93. The minimum Gasteiger partial charge on any atom is -0.340 e. The van der Waals surface area contributed by atoms with Crippen LogP contribution >= 0.6 is 27.5 Å². The van der Waals surface area contributed by atoms with Crippen LogP contribution in [-0.2, 0) is 0 Å². The van der Waals surface area contributed by atoms with Crippen LogP contribution in [0.1, 0.15) is 11.4 Å². The highest BCUT2D eigenvalue weighted by Crippen LogP contribution is 2.34. The van der Waals surface area contributed by atoms with Gasteiger partial charge in [-0.05, 0) is 44.2 Å². The highest BCUT2D eigenvalue weighted by atomic mass is 79.9. The van der Waals surface area contributed by atoms with E-state index in [0.29, 0.717) is 5.02 Å². The molecule has 0 saturated carbocycles. The molecule has 130 valence electrons. The number of hydrogen-bond acceptors (Lipinski definition) is 3. The van der Waals surface area contributed by atoms with Gasteiger partial charge in [-0.3, -0.25) is 0 Å². The molecule has 2 heterocycles. The van der Waals surface area contributed by atoms with E-state index in [2.05, 4.69) is 21.2 Å². The molecule has 26 heavy (non-hydrogen) atoms. The Kier molecular flexibility index (Phi) is 4.42. The SMILES string of the molecule is Cc1cc(Nc2ccc(Br)cc2)n2nc(C)c(-c3ccccc3Cl)c2n1. The van der Waals surface area contributed by atoms with Crippen LogP contribution in [0.3, 0.4) is 0 Å². The van der Waals surface area contributed by atoms with E-state index in [4.69, 9.17) is 21.7 Å². The Morgan fingerprint density at radius 2 is 1.77 bits per heavy atom. The zero-order valence-corrected chi connectivity index (χ0v) is 16.6. The van der Waals surface area contributed by atoms with Gasteiger partial charge in [-0.15, -0.1) is 0 Å². The molecule has 0 aliphatic heterocycles. The van der Waals surface area contributed by atoms with E-state index < -0.39 is 0 Å². The molecule has 4 nitrogen and oxygen atoms in total. The van der Waals surface area contributed by atoms with E-state index in [-0.39, 0.29) is 0 Å². The molecule has 4 aromatic rings. The molecule has 6 heteroatoms. The summed E-state index contributed by atoms with van der Waals surface area (Å²) in [5.74, 6) is 0.858. The fourth-order valence-corrected chi connectivity index (χ4v) is 3.49. The monoisotopic (exact) mass is 426 g/mol. The summed E-state index contributed by atoms with van der Waals surface area (Å²) in [7, 11) is 0. The summed E-state index contributed by atoms with van der Waals surface area (Å²) in [5, 5.41) is 8.83. The predicted molar refractivity (Wildman–Crippen MR) is 110 cm³/mol. The first-order valence-electron chi connectivity index (χ1n) is 8.17. The van der Waals surface area contributed by atoms with Crippen molar-refractivity contribution in [3.8, 4) is 11.1 Å². The van der Waals surface area contributed by atoms with Crippen LogP contribution in [0.25, 0.3) is 16.8 Å². The van der Waals surface area contributed by atoms with Crippen LogP contribution in [0.15, 0.2) is 59.1 Å². The van der Waals surface area contributed by atoms with Gasteiger partial charge in [0, 0.05) is 32.5 Å². The van der Waals surface area contributed by atoms with Gasteiger partial charge in [0.2, 0.25) is 0 Å². The van der Waals surface area contributed by atoms with Crippen LogP contribution in [0, 0.1) is 13.8 Å². The molecule has 0 bridgehead atoms. The maximum Gasteiger partial charge on any atom is 0.165 e. The number of hydrogen-bond donors (Lipinski definition) is 1. The number of benzene rings is 2. The molecule has 4 rings (SSSR count). The second-order valence-electron chi connectivity index (χ2n) is 6.09. The van der Waals surface area contributed by atoms with Crippen LogP contribution in [0.5, 0.6) is 0 Å². The van der Waals surface area contributed by atoms with E-state index in [1.807, 2.05) is 73.0 Å². The van der Waals surface area contributed by atoms with Crippen LogP contribution in [0.4, 0.5) is 11.5 Å². The molecule has 0 radical (unpaired) electrons. The lowest BCUT2D eigenvalue weighted by atomic mass is 10.1. The first-order chi connectivity index (χ1) is 12.5. The Balaban J connectivity index is 1.90. The Morgan fingerprint density at radius 1 is 1.04 bits per heavy atom. The summed E-state index contributed by atoms with van der Waals surface area (Å²) in [6.07, 6.45) is 0. The standard InChI is InChI=1S/C20H16BrClN4/c1-12-11-18(24-15-9-7-14(21)8-10-15)26-20(23-12)19(13(2)25-26)16-5-3-4-6-17(16)22/h3-11,24H,1-2H3. The minimum atomic E-state index is 0.691. The second-order valence-corrected chi connectivity index (χ2v) is 7.41. The molecular weight excluding hydrogens is 412 g/mol. The topological polar surface area (TPSA) is 42.2 Å². The first-order valence-corrected chi connectivity index (χ1v) is 9.34. The van der Waals surface area contributed by atoms with Gasteiger partial charge in [-0.1, -0.05) is 45.7 Å². The normalized spacial score (nSPS) is 11.1. The van der Waals surface area contributed by atoms with Gasteiger partial charge in [0.05, 0.1) is 11.3 Å². The predicted octanol–water partition coefficient (Wildman–Crippen LogP) is 6.17. The van der Waals surface area contributed by atoms with Crippen molar-refractivity contribution < 1.29 is 0 Å². The van der Waals surface area contributed by atoms with Crippen molar-refractivity contribution in [1.82, 2.24) is 14.6 Å². The number of aryl methyl sites for hydroxylation is 2. The summed E-state index contributed by atoms with van der Waals surface area (Å²) in [6.45, 7) is 3.96. The van der Waals surface area contributed by atoms with Crippen molar-refractivity contribution in [2.75, 3.05) is 5.32 Å². The van der Waals surface area contributed by atoms with Crippen molar-refractivity contribution >= 4 is 44.7 Å². The summed E-state index contributed by atoms with van der Waals surface area (Å²) < 4.78 is 2.87. The maximum atomic E-state index is 6.43. The fraction of sp³-hybridized carbons (Fsp3) is 0.100. The molecule has 0 aliphatic rings. The summed E-state index contributed by atoms with van der Waals surface area (Å²) in [6, 6.07) is 17.8. The van der Waals surface area contributed by atoms with Crippen molar-refractivity contribution in [3.63, 3.8) is 0 Å². The largest absolute Gasteiger partial charge is 0.340 e. The molecule has 0 atom stereocenters. The molecule has 0 amide bonds. The number of anilines is 2. The highest BCUT2D eigenvalue weighted by molar-refractivity contribution is 9.10. The number of nitrogens with one attached hydrogen (secondary N) is 1. The first kappa shape index (κ1) is 17.1. The van der Waals surface area contributed by atoms with Gasteiger partial charge in [0.1, 0.15) is 5.82 Å². The zero-order chi connectivity index (χ0) is 18.3. The van der Waals surface area contributed by atoms with Gasteiger partial charge < -0.3 is 5.32 Å². The Morgan fingerprint density at radius 3 is 2.50 bits per heavy atom. The second kappa shape index (κ2) is 6.74. The van der Waals surface area contributed by atoms with Crippen molar-refractivity contribution in [3.05, 3.63) is 75.5 Å². The number of nitrogens with zero attached hydrogens (tertiary/aromatic N) is 3. The van der Waals surface area contributed by atoms with Gasteiger partial charge in [0.25, 0.3) is 0 Å². The van der Waals surface area contributed by atoms with E-state index in [9.17, 15) is 0 Å². The molecule has 0 spiro atoms. The molecule has 0 fully saturated rings. The third-order valence-corrected chi connectivity index (χ3v) is 5.01. The lowest BCUT2D eigenvalue weighted by molar-refractivity contribution is 0.917. The Hall–Kier alpha value is -2.37. The van der Waals surface area contributed by atoms with E-state index in [1.165, 1.54) is 0 Å². The minimum absolute atomic E-state index is 0.691. The molecule has 1 N–H and O–H groups in total. The zero-order valence-electron chi connectivity index (χ0n) is 14.3. The van der Waals surface area contributed by atoms with Crippen molar-refractivity contribution in [1.29, 1.82) is 0 Å². The summed E-state index contributed by atoms with van der Waals surface area (Å²) >= 11 is 9.89. The molecule has 2 aromatic heterocycles. The molecule has 0 saturated heterocycles. The number of aromatic nitrogens is 3. The third kappa shape index (κ3) is 3.08. The quantitative estimate of drug-likeness (QED) is 0.425. The summed E-state index contributed by atoms with van der Waals surface area (Å²) in [5.41, 5.74) is 5.45. The van der Waals surface area contributed by atoms with E-state index in [0.717, 1.165) is 44.1 Å². The van der Waals surface area contributed by atoms with Crippen LogP contribution < -0.4 is 5.32 Å². The third-order valence-electron chi connectivity index (χ3n) is 4.15. The summed E-state index contributed by atoms with van der Waals surface area (Å²) in [4.78, 5) is 4.72. The lowest BCUT2D eigenvalue weighted by Gasteiger charge is -2.10. The van der Waals surface area contributed by atoms with E-state index >= 15 is 0 Å². The molecular formula is C20H16BrClN4. The Labute approximate surface area is 165 Å². The van der Waals surface area contributed by atoms with Gasteiger partial charge in [0.15, 0.2) is 5.65 Å². The molecule has 0 aliphatic carbocycles. The van der Waals surface area contributed by atoms with E-state index in [1.54, 1.807) is 0 Å². The lowest BCUT2D eigenvalue weighted by Crippen LogP contribution is -2.02. The van der Waals surface area contributed by atoms with Crippen LogP contribution in [0.2, 0.25) is 5.02 Å².